The Kier molecular flexibility index (Phi) is 6.90. The standard InChI is InChI=1S/C25H22ClFN4O2/c1-33-19-9-7-18(8-10-19)30-25(31-24(32)16-6-11-22(27)21(26)14-16)28-13-12-17-15-29-23-5-3-2-4-20(17)23/h2-11,14-15,29H,12-13H2,1H3,(H2,28,30,31,32). The second-order valence-corrected chi connectivity index (χ2v) is 7.68. The van der Waals surface area contributed by atoms with E-state index in [-0.39, 0.29) is 16.5 Å². The van der Waals surface area contributed by atoms with Crippen molar-refractivity contribution < 1.29 is 13.9 Å². The van der Waals surface area contributed by atoms with Crippen LogP contribution in [0.5, 0.6) is 5.75 Å². The van der Waals surface area contributed by atoms with Crippen LogP contribution in [-0.4, -0.2) is 30.5 Å². The van der Waals surface area contributed by atoms with E-state index in [0.717, 1.165) is 28.2 Å². The summed E-state index contributed by atoms with van der Waals surface area (Å²) in [6, 6.07) is 19.1. The summed E-state index contributed by atoms with van der Waals surface area (Å²) in [5, 5.41) is 6.90. The number of fused-ring (bicyclic) bond motifs is 1. The number of halogens is 2. The highest BCUT2D eigenvalue weighted by Crippen LogP contribution is 2.19. The van der Waals surface area contributed by atoms with Gasteiger partial charge in [0.1, 0.15) is 11.6 Å². The molecule has 0 saturated carbocycles. The van der Waals surface area contributed by atoms with Crippen molar-refractivity contribution >= 4 is 40.1 Å². The number of nitrogens with one attached hydrogen (secondary N) is 3. The SMILES string of the molecule is COc1ccc(NC(=NCCc2c[nH]c3ccccc23)NC(=O)c2ccc(F)c(Cl)c2)cc1. The molecule has 6 nitrogen and oxygen atoms in total. The number of guanidine groups is 1. The Morgan fingerprint density at radius 1 is 1.12 bits per heavy atom. The van der Waals surface area contributed by atoms with Crippen LogP contribution in [0.15, 0.2) is 77.9 Å². The van der Waals surface area contributed by atoms with E-state index in [4.69, 9.17) is 16.3 Å². The first kappa shape index (κ1) is 22.4. The molecule has 0 atom stereocenters. The summed E-state index contributed by atoms with van der Waals surface area (Å²) in [5.74, 6) is -0.0604. The predicted molar refractivity (Wildman–Crippen MR) is 130 cm³/mol. The molecule has 1 amide bonds. The molecule has 168 valence electrons. The van der Waals surface area contributed by atoms with E-state index >= 15 is 0 Å². The molecule has 0 aliphatic rings. The number of methoxy groups -OCH3 is 1. The summed E-state index contributed by atoms with van der Waals surface area (Å²) in [6.45, 7) is 0.435. The fourth-order valence-corrected chi connectivity index (χ4v) is 3.55. The number of aromatic amines is 1. The topological polar surface area (TPSA) is 78.5 Å². The first-order valence-corrected chi connectivity index (χ1v) is 10.7. The lowest BCUT2D eigenvalue weighted by Crippen LogP contribution is -2.36. The van der Waals surface area contributed by atoms with E-state index in [9.17, 15) is 9.18 Å². The zero-order chi connectivity index (χ0) is 23.2. The van der Waals surface area contributed by atoms with Crippen molar-refractivity contribution in [3.8, 4) is 5.75 Å². The van der Waals surface area contributed by atoms with Gasteiger partial charge in [0, 0.05) is 34.9 Å². The lowest BCUT2D eigenvalue weighted by molar-refractivity contribution is 0.0977. The van der Waals surface area contributed by atoms with Crippen molar-refractivity contribution in [1.82, 2.24) is 10.3 Å². The molecule has 1 aromatic heterocycles. The number of hydrogen-bond donors (Lipinski definition) is 3. The zero-order valence-corrected chi connectivity index (χ0v) is 18.6. The minimum absolute atomic E-state index is 0.122. The Bertz CT molecular complexity index is 1300. The Labute approximate surface area is 195 Å². The van der Waals surface area contributed by atoms with Crippen molar-refractivity contribution in [2.75, 3.05) is 19.0 Å². The second-order valence-electron chi connectivity index (χ2n) is 7.28. The van der Waals surface area contributed by atoms with Crippen LogP contribution in [0.25, 0.3) is 10.9 Å². The number of anilines is 1. The van der Waals surface area contributed by atoms with Crippen LogP contribution in [0.4, 0.5) is 10.1 Å². The van der Waals surface area contributed by atoms with Gasteiger partial charge in [0.2, 0.25) is 5.96 Å². The maximum Gasteiger partial charge on any atom is 0.258 e. The minimum Gasteiger partial charge on any atom is -0.497 e. The highest BCUT2D eigenvalue weighted by Gasteiger charge is 2.12. The third kappa shape index (κ3) is 5.51. The van der Waals surface area contributed by atoms with Crippen LogP contribution >= 0.6 is 11.6 Å². The number of carbonyl (C=O) groups is 1. The first-order chi connectivity index (χ1) is 16.0. The molecule has 0 aliphatic heterocycles. The molecule has 0 unspecified atom stereocenters. The molecule has 33 heavy (non-hydrogen) atoms. The van der Waals surface area contributed by atoms with E-state index in [2.05, 4.69) is 26.7 Å². The van der Waals surface area contributed by atoms with E-state index < -0.39 is 11.7 Å². The summed E-state index contributed by atoms with van der Waals surface area (Å²) in [6.07, 6.45) is 2.64. The van der Waals surface area contributed by atoms with Gasteiger partial charge in [-0.1, -0.05) is 29.8 Å². The van der Waals surface area contributed by atoms with Crippen LogP contribution in [0, 0.1) is 5.82 Å². The average Bonchev–Trinajstić information content (AvgIpc) is 3.24. The van der Waals surface area contributed by atoms with Crippen molar-refractivity contribution in [2.24, 2.45) is 4.99 Å². The van der Waals surface area contributed by atoms with Gasteiger partial charge in [-0.15, -0.1) is 0 Å². The number of amides is 1. The minimum atomic E-state index is -0.586. The number of nitrogens with zero attached hydrogens (tertiary/aromatic N) is 1. The number of hydrogen-bond acceptors (Lipinski definition) is 3. The number of carbonyl (C=O) groups excluding carboxylic acids is 1. The number of aromatic nitrogens is 1. The Morgan fingerprint density at radius 2 is 1.91 bits per heavy atom. The lowest BCUT2D eigenvalue weighted by atomic mass is 10.1. The highest BCUT2D eigenvalue weighted by atomic mass is 35.5. The Morgan fingerprint density at radius 3 is 2.67 bits per heavy atom. The molecule has 4 rings (SSSR count). The van der Waals surface area contributed by atoms with E-state index in [1.807, 2.05) is 36.5 Å². The largest absolute Gasteiger partial charge is 0.497 e. The number of ether oxygens (including phenoxy) is 1. The van der Waals surface area contributed by atoms with Gasteiger partial charge < -0.3 is 15.0 Å². The molecule has 0 bridgehead atoms. The molecular formula is C25H22ClFN4O2. The normalized spacial score (nSPS) is 11.4. The number of aliphatic imine (C=N–C) groups is 1. The molecule has 3 N–H and O–H groups in total. The van der Waals surface area contributed by atoms with Gasteiger partial charge in [-0.05, 0) is 60.5 Å². The summed E-state index contributed by atoms with van der Waals surface area (Å²) in [7, 11) is 1.59. The number of para-hydroxylation sites is 1. The highest BCUT2D eigenvalue weighted by molar-refractivity contribution is 6.31. The van der Waals surface area contributed by atoms with Crippen molar-refractivity contribution in [3.05, 3.63) is 94.9 Å². The Hall–Kier alpha value is -3.84. The van der Waals surface area contributed by atoms with E-state index in [1.165, 1.54) is 12.1 Å². The molecule has 0 aliphatic carbocycles. The van der Waals surface area contributed by atoms with Gasteiger partial charge in [-0.2, -0.15) is 0 Å². The molecule has 0 radical (unpaired) electrons. The zero-order valence-electron chi connectivity index (χ0n) is 17.9. The van der Waals surface area contributed by atoms with Gasteiger partial charge >= 0.3 is 0 Å². The van der Waals surface area contributed by atoms with Crippen LogP contribution < -0.4 is 15.4 Å². The van der Waals surface area contributed by atoms with Gasteiger partial charge in [-0.3, -0.25) is 15.1 Å². The fourth-order valence-electron chi connectivity index (χ4n) is 3.37. The number of H-pyrrole nitrogens is 1. The van der Waals surface area contributed by atoms with Crippen molar-refractivity contribution in [2.45, 2.75) is 6.42 Å². The Balaban J connectivity index is 1.52. The molecule has 0 fully saturated rings. The van der Waals surface area contributed by atoms with Crippen molar-refractivity contribution in [3.63, 3.8) is 0 Å². The molecule has 8 heteroatoms. The van der Waals surface area contributed by atoms with Gasteiger partial charge in [0.25, 0.3) is 5.91 Å². The van der Waals surface area contributed by atoms with Gasteiger partial charge in [-0.25, -0.2) is 4.39 Å². The van der Waals surface area contributed by atoms with Crippen LogP contribution in [-0.2, 0) is 6.42 Å². The van der Waals surface area contributed by atoms with Crippen LogP contribution in [0.2, 0.25) is 5.02 Å². The molecule has 4 aromatic rings. The third-order valence-electron chi connectivity index (χ3n) is 5.09. The van der Waals surface area contributed by atoms with Crippen LogP contribution in [0.1, 0.15) is 15.9 Å². The maximum atomic E-state index is 13.5. The van der Waals surface area contributed by atoms with Gasteiger partial charge in [0.05, 0.1) is 12.1 Å². The van der Waals surface area contributed by atoms with E-state index in [1.54, 1.807) is 19.2 Å². The third-order valence-corrected chi connectivity index (χ3v) is 5.38. The molecule has 1 heterocycles. The quantitative estimate of drug-likeness (QED) is 0.264. The number of benzene rings is 3. The number of rotatable bonds is 6. The maximum absolute atomic E-state index is 13.5. The summed E-state index contributed by atoms with van der Waals surface area (Å²) >= 11 is 5.83. The second kappa shape index (κ2) is 10.2. The summed E-state index contributed by atoms with van der Waals surface area (Å²) < 4.78 is 18.7. The summed E-state index contributed by atoms with van der Waals surface area (Å²) in [4.78, 5) is 20.6. The smallest absolute Gasteiger partial charge is 0.258 e. The molecule has 3 aromatic carbocycles. The fraction of sp³-hybridized carbons (Fsp3) is 0.120. The first-order valence-electron chi connectivity index (χ1n) is 10.3. The van der Waals surface area contributed by atoms with Crippen molar-refractivity contribution in [1.29, 1.82) is 0 Å². The monoisotopic (exact) mass is 464 g/mol. The van der Waals surface area contributed by atoms with Gasteiger partial charge in [0.15, 0.2) is 0 Å². The lowest BCUT2D eigenvalue weighted by Gasteiger charge is -2.12. The van der Waals surface area contributed by atoms with E-state index in [0.29, 0.717) is 18.7 Å². The molecule has 0 saturated heterocycles. The van der Waals surface area contributed by atoms with Crippen LogP contribution in [0.3, 0.4) is 0 Å². The average molecular weight is 465 g/mol. The predicted octanol–water partition coefficient (Wildman–Crippen LogP) is 5.41. The summed E-state index contributed by atoms with van der Waals surface area (Å²) in [5.41, 5.74) is 3.14. The molecule has 0 spiro atoms. The molecular weight excluding hydrogens is 443 g/mol.